The van der Waals surface area contributed by atoms with Gasteiger partial charge < -0.3 is 9.47 Å². The lowest BCUT2D eigenvalue weighted by Crippen LogP contribution is -2.21. The fraction of sp³-hybridized carbons (Fsp3) is 0.923. The number of hydrogen-bond acceptors (Lipinski definition) is 3. The van der Waals surface area contributed by atoms with Gasteiger partial charge in [0.15, 0.2) is 0 Å². The molecule has 3 heteroatoms. The maximum Gasteiger partial charge on any atom is 0.136 e. The van der Waals surface area contributed by atoms with Gasteiger partial charge in [-0.25, -0.2) is 0 Å². The van der Waals surface area contributed by atoms with Gasteiger partial charge in [-0.2, -0.15) is 0 Å². The average molecular weight is 226 g/mol. The minimum absolute atomic E-state index is 0.301. The molecule has 0 spiro atoms. The summed E-state index contributed by atoms with van der Waals surface area (Å²) >= 11 is 0. The molecule has 2 aliphatic rings. The molecule has 0 aromatic carbocycles. The lowest BCUT2D eigenvalue weighted by atomic mass is 10.0. The predicted octanol–water partition coefficient (Wildman–Crippen LogP) is 2.19. The number of carbonyl (C=O) groups is 1. The Labute approximate surface area is 97.5 Å². The predicted molar refractivity (Wildman–Crippen MR) is 61.3 cm³/mol. The van der Waals surface area contributed by atoms with Gasteiger partial charge in [0.25, 0.3) is 0 Å². The summed E-state index contributed by atoms with van der Waals surface area (Å²) in [6.45, 7) is 3.38. The molecular formula is C13H22O3. The lowest BCUT2D eigenvalue weighted by molar-refractivity contribution is -0.121. The Kier molecular flexibility index (Phi) is 4.79. The van der Waals surface area contributed by atoms with Crippen LogP contribution in [-0.4, -0.2) is 32.2 Å². The number of hydrogen-bond donors (Lipinski definition) is 0. The summed E-state index contributed by atoms with van der Waals surface area (Å²) in [5, 5.41) is 0. The van der Waals surface area contributed by atoms with Crippen molar-refractivity contribution in [1.82, 2.24) is 0 Å². The summed E-state index contributed by atoms with van der Waals surface area (Å²) in [7, 11) is 0. The second kappa shape index (κ2) is 6.36. The summed E-state index contributed by atoms with van der Waals surface area (Å²) in [5.74, 6) is 1.43. The van der Waals surface area contributed by atoms with Crippen molar-refractivity contribution >= 4 is 5.78 Å². The van der Waals surface area contributed by atoms with Crippen molar-refractivity contribution in [3.8, 4) is 0 Å². The monoisotopic (exact) mass is 226 g/mol. The van der Waals surface area contributed by atoms with Crippen LogP contribution in [0.15, 0.2) is 0 Å². The van der Waals surface area contributed by atoms with E-state index < -0.39 is 0 Å². The van der Waals surface area contributed by atoms with Crippen molar-refractivity contribution in [3.63, 3.8) is 0 Å². The Morgan fingerprint density at radius 1 is 1.25 bits per heavy atom. The van der Waals surface area contributed by atoms with Gasteiger partial charge in [-0.1, -0.05) is 0 Å². The lowest BCUT2D eigenvalue weighted by Gasteiger charge is -2.21. The van der Waals surface area contributed by atoms with Gasteiger partial charge in [0.05, 0.1) is 0 Å². The summed E-state index contributed by atoms with van der Waals surface area (Å²) in [6.07, 6.45) is 6.15. The van der Waals surface area contributed by atoms with E-state index in [4.69, 9.17) is 9.47 Å². The molecule has 92 valence electrons. The van der Waals surface area contributed by atoms with Crippen LogP contribution >= 0.6 is 0 Å². The van der Waals surface area contributed by atoms with Crippen molar-refractivity contribution in [2.75, 3.05) is 26.4 Å². The van der Waals surface area contributed by atoms with Crippen LogP contribution in [0.3, 0.4) is 0 Å². The van der Waals surface area contributed by atoms with E-state index in [1.54, 1.807) is 0 Å². The standard InChI is InChI=1S/C13H22O3/c14-13-3-1-2-12(13)6-9-16-10-11-4-7-15-8-5-11/h11-12H,1-10H2. The number of ether oxygens (including phenoxy) is 2. The van der Waals surface area contributed by atoms with E-state index in [0.717, 1.165) is 65.0 Å². The fourth-order valence-electron chi connectivity index (χ4n) is 2.58. The van der Waals surface area contributed by atoms with Crippen molar-refractivity contribution in [2.24, 2.45) is 11.8 Å². The molecule has 1 aliphatic heterocycles. The van der Waals surface area contributed by atoms with Crippen molar-refractivity contribution in [1.29, 1.82) is 0 Å². The third-order valence-electron chi connectivity index (χ3n) is 3.74. The Balaban J connectivity index is 1.52. The third-order valence-corrected chi connectivity index (χ3v) is 3.74. The van der Waals surface area contributed by atoms with Gasteiger partial charge in [-0.15, -0.1) is 0 Å². The van der Waals surface area contributed by atoms with Crippen LogP contribution in [-0.2, 0) is 14.3 Å². The molecule has 3 nitrogen and oxygen atoms in total. The summed E-state index contributed by atoms with van der Waals surface area (Å²) in [5.41, 5.74) is 0. The molecule has 0 N–H and O–H groups in total. The van der Waals surface area contributed by atoms with Gasteiger partial charge in [0, 0.05) is 38.8 Å². The van der Waals surface area contributed by atoms with E-state index >= 15 is 0 Å². The number of carbonyl (C=O) groups excluding carboxylic acids is 1. The minimum Gasteiger partial charge on any atom is -0.381 e. The van der Waals surface area contributed by atoms with Crippen molar-refractivity contribution < 1.29 is 14.3 Å². The number of Topliss-reactive ketones (excluding diaryl/α,β-unsaturated/α-hetero) is 1. The first-order chi connectivity index (χ1) is 7.86. The van der Waals surface area contributed by atoms with Crippen LogP contribution in [0.25, 0.3) is 0 Å². The SMILES string of the molecule is O=C1CCCC1CCOCC1CCOCC1. The van der Waals surface area contributed by atoms with Crippen LogP contribution in [0.4, 0.5) is 0 Å². The van der Waals surface area contributed by atoms with Crippen LogP contribution in [0.2, 0.25) is 0 Å². The van der Waals surface area contributed by atoms with E-state index in [1.807, 2.05) is 0 Å². The molecule has 1 saturated carbocycles. The molecule has 16 heavy (non-hydrogen) atoms. The molecule has 1 heterocycles. The maximum atomic E-state index is 11.4. The first-order valence-corrected chi connectivity index (χ1v) is 6.54. The van der Waals surface area contributed by atoms with E-state index in [1.165, 1.54) is 0 Å². The molecule has 2 fully saturated rings. The van der Waals surface area contributed by atoms with Gasteiger partial charge >= 0.3 is 0 Å². The molecule has 0 aromatic heterocycles. The second-order valence-corrected chi connectivity index (χ2v) is 4.97. The van der Waals surface area contributed by atoms with Crippen molar-refractivity contribution in [3.05, 3.63) is 0 Å². The zero-order valence-electron chi connectivity index (χ0n) is 9.95. The zero-order chi connectivity index (χ0) is 11.2. The minimum atomic E-state index is 0.301. The maximum absolute atomic E-state index is 11.4. The Hall–Kier alpha value is -0.410. The van der Waals surface area contributed by atoms with Gasteiger partial charge in [-0.05, 0) is 38.0 Å². The van der Waals surface area contributed by atoms with E-state index in [0.29, 0.717) is 17.6 Å². The van der Waals surface area contributed by atoms with Gasteiger partial charge in [0.1, 0.15) is 5.78 Å². The van der Waals surface area contributed by atoms with Crippen LogP contribution in [0.1, 0.15) is 38.5 Å². The molecule has 0 aromatic rings. The number of ketones is 1. The Morgan fingerprint density at radius 3 is 2.75 bits per heavy atom. The normalized spacial score (nSPS) is 27.5. The molecule has 1 atom stereocenters. The molecule has 0 radical (unpaired) electrons. The van der Waals surface area contributed by atoms with Crippen molar-refractivity contribution in [2.45, 2.75) is 38.5 Å². The summed E-state index contributed by atoms with van der Waals surface area (Å²) in [6, 6.07) is 0. The van der Waals surface area contributed by atoms with Crippen LogP contribution < -0.4 is 0 Å². The van der Waals surface area contributed by atoms with Crippen LogP contribution in [0.5, 0.6) is 0 Å². The summed E-state index contributed by atoms with van der Waals surface area (Å²) < 4.78 is 11.0. The van der Waals surface area contributed by atoms with Gasteiger partial charge in [-0.3, -0.25) is 4.79 Å². The highest BCUT2D eigenvalue weighted by atomic mass is 16.5. The largest absolute Gasteiger partial charge is 0.381 e. The molecule has 1 saturated heterocycles. The highest BCUT2D eigenvalue weighted by molar-refractivity contribution is 5.82. The molecule has 0 amide bonds. The van der Waals surface area contributed by atoms with Crippen LogP contribution in [0, 0.1) is 11.8 Å². The van der Waals surface area contributed by atoms with E-state index in [-0.39, 0.29) is 0 Å². The first kappa shape index (κ1) is 12.1. The van der Waals surface area contributed by atoms with E-state index in [2.05, 4.69) is 0 Å². The smallest absolute Gasteiger partial charge is 0.136 e. The third kappa shape index (κ3) is 3.56. The topological polar surface area (TPSA) is 35.5 Å². The average Bonchev–Trinajstić information content (AvgIpc) is 2.72. The second-order valence-electron chi connectivity index (χ2n) is 4.97. The van der Waals surface area contributed by atoms with Gasteiger partial charge in [0.2, 0.25) is 0 Å². The molecule has 2 rings (SSSR count). The Bertz CT molecular complexity index is 221. The molecule has 1 unspecified atom stereocenters. The molecular weight excluding hydrogens is 204 g/mol. The summed E-state index contributed by atoms with van der Waals surface area (Å²) in [4.78, 5) is 11.4. The highest BCUT2D eigenvalue weighted by Crippen LogP contribution is 2.24. The zero-order valence-corrected chi connectivity index (χ0v) is 9.95. The van der Waals surface area contributed by atoms with E-state index in [9.17, 15) is 4.79 Å². The Morgan fingerprint density at radius 2 is 2.06 bits per heavy atom. The highest BCUT2D eigenvalue weighted by Gasteiger charge is 2.23. The molecule has 0 bridgehead atoms. The molecule has 1 aliphatic carbocycles. The fourth-order valence-corrected chi connectivity index (χ4v) is 2.58. The quantitative estimate of drug-likeness (QED) is 0.674. The first-order valence-electron chi connectivity index (χ1n) is 6.54. The number of rotatable bonds is 5.